The van der Waals surface area contributed by atoms with Gasteiger partial charge in [0.2, 0.25) is 0 Å². The third-order valence-electron chi connectivity index (χ3n) is 4.00. The van der Waals surface area contributed by atoms with Gasteiger partial charge in [0.25, 0.3) is 5.91 Å². The van der Waals surface area contributed by atoms with Crippen molar-refractivity contribution >= 4 is 17.4 Å². The lowest BCUT2D eigenvalue weighted by Crippen LogP contribution is -2.26. The van der Waals surface area contributed by atoms with Crippen molar-refractivity contribution in [2.75, 3.05) is 18.5 Å². The summed E-state index contributed by atoms with van der Waals surface area (Å²) in [5.74, 6) is -0.0785. The molecule has 3 N–H and O–H groups in total. The van der Waals surface area contributed by atoms with Gasteiger partial charge in [-0.05, 0) is 59.7 Å². The van der Waals surface area contributed by atoms with Crippen molar-refractivity contribution in [3.63, 3.8) is 0 Å². The van der Waals surface area contributed by atoms with Gasteiger partial charge in [-0.25, -0.2) is 4.98 Å². The van der Waals surface area contributed by atoms with E-state index in [0.717, 1.165) is 11.1 Å². The van der Waals surface area contributed by atoms with E-state index < -0.39 is 6.36 Å². The Labute approximate surface area is 170 Å². The van der Waals surface area contributed by atoms with Crippen LogP contribution in [0.25, 0.3) is 11.1 Å². The summed E-state index contributed by atoms with van der Waals surface area (Å²) >= 11 is 0. The highest BCUT2D eigenvalue weighted by atomic mass is 19.4. The number of benzene rings is 2. The van der Waals surface area contributed by atoms with Gasteiger partial charge in [0.15, 0.2) is 0 Å². The monoisotopic (exact) mass is 417 g/mol. The van der Waals surface area contributed by atoms with Gasteiger partial charge in [0.05, 0.1) is 6.61 Å². The van der Waals surface area contributed by atoms with Crippen LogP contribution in [0.2, 0.25) is 0 Å². The number of nitrogens with one attached hydrogen (secondary N) is 2. The molecule has 0 radical (unpaired) electrons. The minimum absolute atomic E-state index is 0.130. The van der Waals surface area contributed by atoms with Crippen LogP contribution in [0.15, 0.2) is 66.9 Å². The van der Waals surface area contributed by atoms with Crippen LogP contribution in [-0.4, -0.2) is 35.5 Å². The maximum Gasteiger partial charge on any atom is 0.573 e. The summed E-state index contributed by atoms with van der Waals surface area (Å²) in [7, 11) is 0. The van der Waals surface area contributed by atoms with Gasteiger partial charge in [-0.1, -0.05) is 12.1 Å². The van der Waals surface area contributed by atoms with Gasteiger partial charge in [-0.15, -0.1) is 13.2 Å². The van der Waals surface area contributed by atoms with E-state index in [2.05, 4.69) is 20.4 Å². The molecule has 0 spiro atoms. The number of halogens is 3. The Balaban J connectivity index is 1.69. The Morgan fingerprint density at radius 3 is 2.33 bits per heavy atom. The number of pyridine rings is 1. The van der Waals surface area contributed by atoms with Crippen molar-refractivity contribution in [1.29, 1.82) is 0 Å². The van der Waals surface area contributed by atoms with Gasteiger partial charge >= 0.3 is 6.36 Å². The Bertz CT molecular complexity index is 991. The van der Waals surface area contributed by atoms with Crippen molar-refractivity contribution in [3.05, 3.63) is 72.4 Å². The van der Waals surface area contributed by atoms with Crippen LogP contribution in [0.5, 0.6) is 5.75 Å². The number of hydrogen-bond acceptors (Lipinski definition) is 5. The third kappa shape index (κ3) is 5.95. The molecule has 0 atom stereocenters. The van der Waals surface area contributed by atoms with Crippen molar-refractivity contribution in [2.24, 2.45) is 0 Å². The number of alkyl halides is 3. The smallest absolute Gasteiger partial charge is 0.406 e. The molecule has 1 amide bonds. The topological polar surface area (TPSA) is 83.5 Å². The molecule has 0 fully saturated rings. The predicted molar refractivity (Wildman–Crippen MR) is 105 cm³/mol. The summed E-state index contributed by atoms with van der Waals surface area (Å²) in [6.45, 7) is 0.0535. The number of carbonyl (C=O) groups is 1. The summed E-state index contributed by atoms with van der Waals surface area (Å²) in [5.41, 5.74) is 2.71. The van der Waals surface area contributed by atoms with Crippen LogP contribution < -0.4 is 15.4 Å². The maximum absolute atomic E-state index is 12.2. The number of aliphatic hydroxyl groups is 1. The number of aromatic nitrogens is 1. The first-order valence-corrected chi connectivity index (χ1v) is 8.92. The fourth-order valence-corrected chi connectivity index (χ4v) is 2.65. The number of anilines is 2. The molecule has 0 aliphatic heterocycles. The molecule has 2 aromatic carbocycles. The van der Waals surface area contributed by atoms with Crippen molar-refractivity contribution in [2.45, 2.75) is 6.36 Å². The number of aliphatic hydroxyl groups excluding tert-OH is 1. The lowest BCUT2D eigenvalue weighted by atomic mass is 10.0. The molecule has 0 unspecified atom stereocenters. The first-order valence-electron chi connectivity index (χ1n) is 8.92. The molecule has 0 aliphatic rings. The van der Waals surface area contributed by atoms with Gasteiger partial charge in [-0.3, -0.25) is 4.79 Å². The fraction of sp³-hybridized carbons (Fsp3) is 0.143. The normalized spacial score (nSPS) is 11.1. The minimum atomic E-state index is -4.74. The number of amides is 1. The number of hydrogen-bond donors (Lipinski definition) is 3. The Kier molecular flexibility index (Phi) is 6.53. The Morgan fingerprint density at radius 2 is 1.70 bits per heavy atom. The van der Waals surface area contributed by atoms with E-state index >= 15 is 0 Å². The molecule has 0 saturated carbocycles. The number of ether oxygens (including phenoxy) is 1. The lowest BCUT2D eigenvalue weighted by molar-refractivity contribution is -0.274. The molecule has 0 aliphatic carbocycles. The highest BCUT2D eigenvalue weighted by Crippen LogP contribution is 2.26. The van der Waals surface area contributed by atoms with Crippen molar-refractivity contribution in [1.82, 2.24) is 10.3 Å². The molecule has 3 aromatic rings. The zero-order chi connectivity index (χ0) is 21.6. The number of rotatable bonds is 7. The molecular weight excluding hydrogens is 399 g/mol. The zero-order valence-corrected chi connectivity index (χ0v) is 15.6. The van der Waals surface area contributed by atoms with Crippen LogP contribution >= 0.6 is 0 Å². The van der Waals surface area contributed by atoms with Crippen molar-refractivity contribution < 1.29 is 27.8 Å². The summed E-state index contributed by atoms with van der Waals surface area (Å²) in [6, 6.07) is 15.8. The summed E-state index contributed by atoms with van der Waals surface area (Å²) in [6.07, 6.45) is -3.14. The predicted octanol–water partition coefficient (Wildman–Crippen LogP) is 4.11. The molecule has 9 heteroatoms. The molecule has 156 valence electrons. The van der Waals surface area contributed by atoms with Crippen LogP contribution in [0.4, 0.5) is 24.7 Å². The van der Waals surface area contributed by atoms with E-state index in [9.17, 15) is 18.0 Å². The van der Waals surface area contributed by atoms with Gasteiger partial charge < -0.3 is 20.5 Å². The minimum Gasteiger partial charge on any atom is -0.406 e. The standard InChI is InChI=1S/C21H18F3N3O3/c22-21(23,24)30-18-7-5-17(6-8-18)27-19-13-16(9-10-25-19)14-1-3-15(4-2-14)20(29)26-11-12-28/h1-10,13,28H,11-12H2,(H,25,27)(H,26,29). The summed E-state index contributed by atoms with van der Waals surface area (Å²) in [5, 5.41) is 14.4. The SMILES string of the molecule is O=C(NCCO)c1ccc(-c2ccnc(Nc3ccc(OC(F)(F)F)cc3)c2)cc1. The molecule has 3 rings (SSSR count). The van der Waals surface area contributed by atoms with Crippen LogP contribution in [-0.2, 0) is 0 Å². The zero-order valence-electron chi connectivity index (χ0n) is 15.6. The molecule has 6 nitrogen and oxygen atoms in total. The fourth-order valence-electron chi connectivity index (χ4n) is 2.65. The highest BCUT2D eigenvalue weighted by Gasteiger charge is 2.30. The van der Waals surface area contributed by atoms with E-state index in [0.29, 0.717) is 17.1 Å². The van der Waals surface area contributed by atoms with E-state index in [1.165, 1.54) is 24.3 Å². The summed E-state index contributed by atoms with van der Waals surface area (Å²) in [4.78, 5) is 16.1. The molecule has 1 aromatic heterocycles. The third-order valence-corrected chi connectivity index (χ3v) is 4.00. The average Bonchev–Trinajstić information content (AvgIpc) is 2.73. The van der Waals surface area contributed by atoms with E-state index in [1.54, 1.807) is 42.6 Å². The number of carbonyl (C=O) groups excluding carboxylic acids is 1. The average molecular weight is 417 g/mol. The van der Waals surface area contributed by atoms with Crippen LogP contribution in [0.3, 0.4) is 0 Å². The lowest BCUT2D eigenvalue weighted by Gasteiger charge is -2.11. The second kappa shape index (κ2) is 9.27. The molecular formula is C21H18F3N3O3. The highest BCUT2D eigenvalue weighted by molar-refractivity contribution is 5.94. The maximum atomic E-state index is 12.2. The first-order chi connectivity index (χ1) is 14.3. The summed E-state index contributed by atoms with van der Waals surface area (Å²) < 4.78 is 40.6. The molecule has 1 heterocycles. The second-order valence-electron chi connectivity index (χ2n) is 6.18. The molecule has 0 bridgehead atoms. The molecule has 0 saturated heterocycles. The van der Waals surface area contributed by atoms with Gasteiger partial charge in [0.1, 0.15) is 11.6 Å². The Morgan fingerprint density at radius 1 is 1.00 bits per heavy atom. The molecule has 30 heavy (non-hydrogen) atoms. The quantitative estimate of drug-likeness (QED) is 0.539. The van der Waals surface area contributed by atoms with E-state index in [4.69, 9.17) is 5.11 Å². The Hall–Kier alpha value is -3.59. The van der Waals surface area contributed by atoms with E-state index in [1.807, 2.05) is 0 Å². The largest absolute Gasteiger partial charge is 0.573 e. The second-order valence-corrected chi connectivity index (χ2v) is 6.18. The number of nitrogens with zero attached hydrogens (tertiary/aromatic N) is 1. The first kappa shape index (κ1) is 21.1. The van der Waals surface area contributed by atoms with Crippen molar-refractivity contribution in [3.8, 4) is 16.9 Å². The van der Waals surface area contributed by atoms with Gasteiger partial charge in [0, 0.05) is 24.0 Å². The van der Waals surface area contributed by atoms with Crippen LogP contribution in [0, 0.1) is 0 Å². The van der Waals surface area contributed by atoms with Gasteiger partial charge in [-0.2, -0.15) is 0 Å². The van der Waals surface area contributed by atoms with Crippen LogP contribution in [0.1, 0.15) is 10.4 Å². The van der Waals surface area contributed by atoms with E-state index in [-0.39, 0.29) is 24.8 Å².